The lowest BCUT2D eigenvalue weighted by Gasteiger charge is -2.18. The van der Waals surface area contributed by atoms with Crippen LogP contribution in [0.5, 0.6) is 0 Å². The summed E-state index contributed by atoms with van der Waals surface area (Å²) in [6.45, 7) is 0. The van der Waals surface area contributed by atoms with Crippen LogP contribution in [0.15, 0.2) is 97.6 Å². The maximum Gasteiger partial charge on any atom is 0.0406 e. The zero-order valence-corrected chi connectivity index (χ0v) is 16.4. The third-order valence-electron chi connectivity index (χ3n) is 4.45. The van der Waals surface area contributed by atoms with Crippen LogP contribution in [-0.4, -0.2) is 9.97 Å². The Balaban J connectivity index is 2.08. The first kappa shape index (κ1) is 18.4. The van der Waals surface area contributed by atoms with Crippen LogP contribution in [0.25, 0.3) is 11.1 Å². The van der Waals surface area contributed by atoms with E-state index in [-0.39, 0.29) is 0 Å². The molecule has 0 saturated heterocycles. The minimum Gasteiger partial charge on any atom is -0.265 e. The van der Waals surface area contributed by atoms with E-state index in [0.717, 1.165) is 33.4 Å². The van der Waals surface area contributed by atoms with Crippen LogP contribution in [-0.2, 0) is 0 Å². The van der Waals surface area contributed by atoms with Crippen molar-refractivity contribution in [3.05, 3.63) is 130 Å². The Kier molecular flexibility index (Phi) is 5.52. The minimum absolute atomic E-state index is 0.704. The standard InChI is InChI=1S/C24H16Cl2N2/c25-21-5-1-17(2-6-21)23(19-9-13-27-14-10-19)24(20-11-15-28-16-12-20)18-3-7-22(26)8-4-18/h1-16H/b24-23+. The molecule has 4 rings (SSSR count). The van der Waals surface area contributed by atoms with Gasteiger partial charge in [-0.1, -0.05) is 47.5 Å². The molecule has 0 aliphatic carbocycles. The van der Waals surface area contributed by atoms with Gasteiger partial charge in [-0.3, -0.25) is 9.97 Å². The average Bonchev–Trinajstić information content (AvgIpc) is 2.75. The normalized spacial score (nSPS) is 11.8. The molecule has 2 aromatic heterocycles. The molecule has 0 atom stereocenters. The van der Waals surface area contributed by atoms with Gasteiger partial charge in [0.1, 0.15) is 0 Å². The van der Waals surface area contributed by atoms with Crippen molar-refractivity contribution >= 4 is 34.3 Å². The van der Waals surface area contributed by atoms with E-state index in [9.17, 15) is 0 Å². The smallest absolute Gasteiger partial charge is 0.0406 e. The molecular weight excluding hydrogens is 387 g/mol. The number of rotatable bonds is 4. The summed E-state index contributed by atoms with van der Waals surface area (Å²) in [6.07, 6.45) is 7.21. The maximum atomic E-state index is 6.14. The van der Waals surface area contributed by atoms with Crippen molar-refractivity contribution in [1.82, 2.24) is 9.97 Å². The lowest BCUT2D eigenvalue weighted by atomic mass is 9.86. The number of halogens is 2. The van der Waals surface area contributed by atoms with Gasteiger partial charge in [-0.25, -0.2) is 0 Å². The van der Waals surface area contributed by atoms with Gasteiger partial charge in [0.25, 0.3) is 0 Å². The molecule has 0 saturated carbocycles. The largest absolute Gasteiger partial charge is 0.265 e. The summed E-state index contributed by atoms with van der Waals surface area (Å²) in [5, 5.41) is 1.41. The number of hydrogen-bond acceptors (Lipinski definition) is 2. The van der Waals surface area contributed by atoms with Gasteiger partial charge in [0, 0.05) is 34.8 Å². The number of pyridine rings is 2. The average molecular weight is 403 g/mol. The van der Waals surface area contributed by atoms with Gasteiger partial charge in [0.2, 0.25) is 0 Å². The molecule has 2 aromatic carbocycles. The van der Waals surface area contributed by atoms with Crippen molar-refractivity contribution in [2.24, 2.45) is 0 Å². The van der Waals surface area contributed by atoms with Crippen LogP contribution >= 0.6 is 23.2 Å². The molecule has 0 spiro atoms. The van der Waals surface area contributed by atoms with Crippen LogP contribution in [0.3, 0.4) is 0 Å². The van der Waals surface area contributed by atoms with Crippen LogP contribution in [0, 0.1) is 0 Å². The van der Waals surface area contributed by atoms with Crippen LogP contribution in [0.4, 0.5) is 0 Å². The second-order valence-electron chi connectivity index (χ2n) is 6.24. The van der Waals surface area contributed by atoms with Crippen molar-refractivity contribution in [3.8, 4) is 0 Å². The molecule has 0 aliphatic heterocycles. The van der Waals surface area contributed by atoms with Gasteiger partial charge in [0.05, 0.1) is 0 Å². The molecule has 0 radical (unpaired) electrons. The van der Waals surface area contributed by atoms with Gasteiger partial charge >= 0.3 is 0 Å². The van der Waals surface area contributed by atoms with E-state index in [1.54, 1.807) is 24.8 Å². The number of nitrogens with zero attached hydrogens (tertiary/aromatic N) is 2. The van der Waals surface area contributed by atoms with E-state index < -0.39 is 0 Å². The Morgan fingerprint density at radius 1 is 0.429 bits per heavy atom. The molecule has 2 nitrogen and oxygen atoms in total. The van der Waals surface area contributed by atoms with Crippen LogP contribution in [0.2, 0.25) is 10.0 Å². The van der Waals surface area contributed by atoms with Crippen LogP contribution in [0.1, 0.15) is 22.3 Å². The predicted octanol–water partition coefficient (Wildman–Crippen LogP) is 6.79. The highest BCUT2D eigenvalue weighted by Crippen LogP contribution is 2.37. The van der Waals surface area contributed by atoms with E-state index in [1.165, 1.54) is 0 Å². The van der Waals surface area contributed by atoms with Gasteiger partial charge in [-0.2, -0.15) is 0 Å². The van der Waals surface area contributed by atoms with Crippen molar-refractivity contribution < 1.29 is 0 Å². The summed E-state index contributed by atoms with van der Waals surface area (Å²) >= 11 is 12.3. The summed E-state index contributed by atoms with van der Waals surface area (Å²) in [7, 11) is 0. The first-order chi connectivity index (χ1) is 13.7. The fraction of sp³-hybridized carbons (Fsp3) is 0. The van der Waals surface area contributed by atoms with Gasteiger partial charge < -0.3 is 0 Å². The van der Waals surface area contributed by atoms with Gasteiger partial charge in [-0.15, -0.1) is 0 Å². The predicted molar refractivity (Wildman–Crippen MR) is 116 cm³/mol. The van der Waals surface area contributed by atoms with Crippen molar-refractivity contribution in [1.29, 1.82) is 0 Å². The molecule has 0 bridgehead atoms. The summed E-state index contributed by atoms with van der Waals surface area (Å²) in [6, 6.07) is 23.8. The van der Waals surface area contributed by atoms with E-state index >= 15 is 0 Å². The molecule has 136 valence electrons. The zero-order valence-electron chi connectivity index (χ0n) is 14.9. The maximum absolute atomic E-state index is 6.14. The van der Waals surface area contributed by atoms with E-state index in [4.69, 9.17) is 23.2 Å². The molecule has 4 aromatic rings. The summed E-state index contributed by atoms with van der Waals surface area (Å²) < 4.78 is 0. The molecule has 0 aliphatic rings. The Morgan fingerprint density at radius 3 is 1.04 bits per heavy atom. The number of hydrogen-bond donors (Lipinski definition) is 0. The van der Waals surface area contributed by atoms with E-state index in [0.29, 0.717) is 10.0 Å². The minimum atomic E-state index is 0.704. The Labute approximate surface area is 174 Å². The topological polar surface area (TPSA) is 25.8 Å². The Hall–Kier alpha value is -2.94. The molecule has 0 fully saturated rings. The molecule has 2 heterocycles. The number of benzene rings is 2. The second-order valence-corrected chi connectivity index (χ2v) is 7.11. The van der Waals surface area contributed by atoms with Crippen molar-refractivity contribution in [2.45, 2.75) is 0 Å². The molecule has 4 heteroatoms. The monoisotopic (exact) mass is 402 g/mol. The zero-order chi connectivity index (χ0) is 19.3. The summed E-state index contributed by atoms with van der Waals surface area (Å²) in [5.41, 5.74) is 6.45. The second kappa shape index (κ2) is 8.39. The quantitative estimate of drug-likeness (QED) is 0.351. The Morgan fingerprint density at radius 2 is 0.714 bits per heavy atom. The Bertz CT molecular complexity index is 998. The lowest BCUT2D eigenvalue weighted by molar-refractivity contribution is 1.31. The van der Waals surface area contributed by atoms with Crippen molar-refractivity contribution in [3.63, 3.8) is 0 Å². The highest BCUT2D eigenvalue weighted by Gasteiger charge is 2.16. The SMILES string of the molecule is Clc1ccc(/C(=C(\c2ccncc2)c2ccc(Cl)cc2)c2ccncc2)cc1. The molecule has 0 N–H and O–H groups in total. The lowest BCUT2D eigenvalue weighted by Crippen LogP contribution is -1.98. The van der Waals surface area contributed by atoms with E-state index in [1.807, 2.05) is 72.8 Å². The number of aromatic nitrogens is 2. The third-order valence-corrected chi connectivity index (χ3v) is 4.96. The summed E-state index contributed by atoms with van der Waals surface area (Å²) in [5.74, 6) is 0. The van der Waals surface area contributed by atoms with Crippen molar-refractivity contribution in [2.75, 3.05) is 0 Å². The van der Waals surface area contributed by atoms with Gasteiger partial charge in [-0.05, 0) is 81.9 Å². The molecule has 0 unspecified atom stereocenters. The van der Waals surface area contributed by atoms with Crippen LogP contribution < -0.4 is 0 Å². The molecule has 28 heavy (non-hydrogen) atoms. The van der Waals surface area contributed by atoms with Gasteiger partial charge in [0.15, 0.2) is 0 Å². The van der Waals surface area contributed by atoms with E-state index in [2.05, 4.69) is 9.97 Å². The first-order valence-electron chi connectivity index (χ1n) is 8.79. The fourth-order valence-electron chi connectivity index (χ4n) is 3.18. The summed E-state index contributed by atoms with van der Waals surface area (Å²) in [4.78, 5) is 8.36. The first-order valence-corrected chi connectivity index (χ1v) is 9.55. The highest BCUT2D eigenvalue weighted by atomic mass is 35.5. The molecule has 0 amide bonds. The third kappa shape index (κ3) is 3.99. The molecular formula is C24H16Cl2N2. The fourth-order valence-corrected chi connectivity index (χ4v) is 3.43. The highest BCUT2D eigenvalue weighted by molar-refractivity contribution is 6.31.